The molecule has 1 saturated carbocycles. The van der Waals surface area contributed by atoms with Gasteiger partial charge in [0, 0.05) is 6.04 Å². The topological polar surface area (TPSA) is 102 Å². The van der Waals surface area contributed by atoms with Crippen LogP contribution in [0.2, 0.25) is 0 Å². The predicted octanol–water partition coefficient (Wildman–Crippen LogP) is 2.47. The molecule has 0 spiro atoms. The van der Waals surface area contributed by atoms with Gasteiger partial charge in [-0.05, 0) is 49.9 Å². The van der Waals surface area contributed by atoms with Crippen LogP contribution < -0.4 is 10.0 Å². The van der Waals surface area contributed by atoms with Gasteiger partial charge in [-0.15, -0.1) is 0 Å². The second kappa shape index (κ2) is 8.75. The highest BCUT2D eigenvalue weighted by molar-refractivity contribution is 7.89. The zero-order valence-electron chi connectivity index (χ0n) is 16.3. The fourth-order valence-electron chi connectivity index (χ4n) is 2.79. The second-order valence-corrected chi connectivity index (χ2v) is 8.86. The number of sulfonamides is 1. The molecule has 1 amide bonds. The van der Waals surface area contributed by atoms with Gasteiger partial charge >= 0.3 is 5.97 Å². The van der Waals surface area contributed by atoms with Crippen LogP contribution in [0, 0.1) is 6.92 Å². The molecule has 2 N–H and O–H groups in total. The Kier molecular flexibility index (Phi) is 6.34. The van der Waals surface area contributed by atoms with E-state index in [2.05, 4.69) is 10.0 Å². The fraction of sp³-hybridized carbons (Fsp3) is 0.333. The number of carbonyl (C=O) groups excluding carboxylic acids is 2. The van der Waals surface area contributed by atoms with Crippen LogP contribution in [0.25, 0.3) is 0 Å². The maximum absolute atomic E-state index is 12.4. The molecule has 8 heteroatoms. The highest BCUT2D eigenvalue weighted by Gasteiger charge is 2.28. The Morgan fingerprint density at radius 3 is 2.48 bits per heavy atom. The van der Waals surface area contributed by atoms with Crippen molar-refractivity contribution in [2.45, 2.75) is 43.7 Å². The molecule has 1 fully saturated rings. The maximum Gasteiger partial charge on any atom is 0.338 e. The first-order chi connectivity index (χ1) is 13.8. The molecule has 0 aromatic heterocycles. The standard InChI is InChI=1S/C21H24N2O5S/c1-14-8-11-18(29(26,27)23-17-9-10-17)12-19(14)21(25)28-13-20(24)22-15(2)16-6-4-3-5-7-16/h3-8,11-12,15,17,23H,9-10,13H2,1-2H3,(H,22,24). The number of ether oxygens (including phenoxy) is 1. The van der Waals surface area contributed by atoms with Gasteiger partial charge in [-0.25, -0.2) is 17.9 Å². The van der Waals surface area contributed by atoms with Crippen molar-refractivity contribution in [3.05, 3.63) is 65.2 Å². The number of rotatable bonds is 8. The average molecular weight is 416 g/mol. The third kappa shape index (κ3) is 5.65. The lowest BCUT2D eigenvalue weighted by Gasteiger charge is -2.15. The monoisotopic (exact) mass is 416 g/mol. The second-order valence-electron chi connectivity index (χ2n) is 7.15. The Bertz CT molecular complexity index is 1000. The van der Waals surface area contributed by atoms with E-state index in [1.807, 2.05) is 37.3 Å². The van der Waals surface area contributed by atoms with E-state index in [-0.39, 0.29) is 22.5 Å². The molecule has 1 atom stereocenters. The van der Waals surface area contributed by atoms with Crippen LogP contribution in [0.1, 0.15) is 47.3 Å². The molecule has 2 aromatic carbocycles. The van der Waals surface area contributed by atoms with Gasteiger partial charge in [-0.1, -0.05) is 36.4 Å². The maximum atomic E-state index is 12.4. The molecule has 29 heavy (non-hydrogen) atoms. The molecule has 0 saturated heterocycles. The van der Waals surface area contributed by atoms with Gasteiger partial charge in [-0.3, -0.25) is 4.79 Å². The van der Waals surface area contributed by atoms with Gasteiger partial charge in [0.15, 0.2) is 6.61 Å². The highest BCUT2D eigenvalue weighted by atomic mass is 32.2. The lowest BCUT2D eigenvalue weighted by Crippen LogP contribution is -2.31. The first-order valence-corrected chi connectivity index (χ1v) is 10.9. The summed E-state index contributed by atoms with van der Waals surface area (Å²) in [4.78, 5) is 24.5. The SMILES string of the molecule is Cc1ccc(S(=O)(=O)NC2CC2)cc1C(=O)OCC(=O)NC(C)c1ccccc1. The normalized spacial score (nSPS) is 14.8. The number of carbonyl (C=O) groups is 2. The summed E-state index contributed by atoms with van der Waals surface area (Å²) in [6.45, 7) is 3.06. The van der Waals surface area contributed by atoms with E-state index < -0.39 is 28.5 Å². The largest absolute Gasteiger partial charge is 0.452 e. The number of hydrogen-bond acceptors (Lipinski definition) is 5. The van der Waals surface area contributed by atoms with Crippen LogP contribution >= 0.6 is 0 Å². The minimum absolute atomic E-state index is 0.00380. The molecule has 0 radical (unpaired) electrons. The van der Waals surface area contributed by atoms with Crippen LogP contribution in [-0.4, -0.2) is 32.9 Å². The Morgan fingerprint density at radius 2 is 1.83 bits per heavy atom. The Hall–Kier alpha value is -2.71. The van der Waals surface area contributed by atoms with Crippen LogP contribution in [0.5, 0.6) is 0 Å². The third-order valence-electron chi connectivity index (χ3n) is 4.65. The minimum Gasteiger partial charge on any atom is -0.452 e. The van der Waals surface area contributed by atoms with Crippen molar-refractivity contribution in [1.29, 1.82) is 0 Å². The summed E-state index contributed by atoms with van der Waals surface area (Å²) in [7, 11) is -3.68. The number of hydrogen-bond donors (Lipinski definition) is 2. The first-order valence-electron chi connectivity index (χ1n) is 9.40. The van der Waals surface area contributed by atoms with Crippen LogP contribution in [0.15, 0.2) is 53.4 Å². The summed E-state index contributed by atoms with van der Waals surface area (Å²) < 4.78 is 32.4. The quantitative estimate of drug-likeness (QED) is 0.644. The van der Waals surface area contributed by atoms with Crippen molar-refractivity contribution in [1.82, 2.24) is 10.0 Å². The lowest BCUT2D eigenvalue weighted by molar-refractivity contribution is -0.124. The zero-order valence-corrected chi connectivity index (χ0v) is 17.2. The lowest BCUT2D eigenvalue weighted by atomic mass is 10.1. The van der Waals surface area contributed by atoms with Crippen molar-refractivity contribution >= 4 is 21.9 Å². The van der Waals surface area contributed by atoms with Gasteiger partial charge in [-0.2, -0.15) is 0 Å². The van der Waals surface area contributed by atoms with Crippen molar-refractivity contribution in [3.8, 4) is 0 Å². The molecule has 3 rings (SSSR count). The van der Waals surface area contributed by atoms with Crippen molar-refractivity contribution in [2.75, 3.05) is 6.61 Å². The molecule has 0 aliphatic heterocycles. The smallest absolute Gasteiger partial charge is 0.338 e. The van der Waals surface area contributed by atoms with Crippen molar-refractivity contribution in [2.24, 2.45) is 0 Å². The van der Waals surface area contributed by atoms with Crippen LogP contribution in [0.3, 0.4) is 0 Å². The van der Waals surface area contributed by atoms with Gasteiger partial charge in [0.1, 0.15) is 0 Å². The number of benzene rings is 2. The summed E-state index contributed by atoms with van der Waals surface area (Å²) in [6, 6.07) is 13.4. The highest BCUT2D eigenvalue weighted by Crippen LogP contribution is 2.23. The molecular formula is C21H24N2O5S. The third-order valence-corrected chi connectivity index (χ3v) is 6.17. The van der Waals surface area contributed by atoms with E-state index in [9.17, 15) is 18.0 Å². The Morgan fingerprint density at radius 1 is 1.14 bits per heavy atom. The molecule has 1 unspecified atom stereocenters. The predicted molar refractivity (Wildman–Crippen MR) is 108 cm³/mol. The van der Waals surface area contributed by atoms with Gasteiger partial charge < -0.3 is 10.1 Å². The van der Waals surface area contributed by atoms with E-state index in [0.717, 1.165) is 18.4 Å². The minimum atomic E-state index is -3.68. The van der Waals surface area contributed by atoms with E-state index >= 15 is 0 Å². The van der Waals surface area contributed by atoms with Gasteiger partial charge in [0.25, 0.3) is 5.91 Å². The van der Waals surface area contributed by atoms with E-state index in [1.54, 1.807) is 13.0 Å². The summed E-state index contributed by atoms with van der Waals surface area (Å²) in [5, 5.41) is 2.76. The molecular weight excluding hydrogens is 392 g/mol. The zero-order chi connectivity index (χ0) is 21.0. The number of aryl methyl sites for hydroxylation is 1. The molecule has 1 aliphatic rings. The number of nitrogens with one attached hydrogen (secondary N) is 2. The number of esters is 1. The van der Waals surface area contributed by atoms with E-state index in [0.29, 0.717) is 5.56 Å². The molecule has 1 aliphatic carbocycles. The van der Waals surface area contributed by atoms with E-state index in [4.69, 9.17) is 4.74 Å². The first kappa shape index (κ1) is 21.0. The Balaban J connectivity index is 1.61. The summed E-state index contributed by atoms with van der Waals surface area (Å²) >= 11 is 0. The van der Waals surface area contributed by atoms with Crippen LogP contribution in [-0.2, 0) is 19.6 Å². The molecule has 7 nitrogen and oxygen atoms in total. The summed E-state index contributed by atoms with van der Waals surface area (Å²) in [5.74, 6) is -1.18. The molecule has 154 valence electrons. The van der Waals surface area contributed by atoms with Crippen molar-refractivity contribution < 1.29 is 22.7 Å². The molecule has 0 heterocycles. The molecule has 0 bridgehead atoms. The number of amides is 1. The van der Waals surface area contributed by atoms with Gasteiger partial charge in [0.05, 0.1) is 16.5 Å². The average Bonchev–Trinajstić information content (AvgIpc) is 3.50. The summed E-state index contributed by atoms with van der Waals surface area (Å²) in [6.07, 6.45) is 1.63. The fourth-order valence-corrected chi connectivity index (χ4v) is 4.12. The van der Waals surface area contributed by atoms with Crippen molar-refractivity contribution in [3.63, 3.8) is 0 Å². The molecule has 2 aromatic rings. The summed E-state index contributed by atoms with van der Waals surface area (Å²) in [5.41, 5.74) is 1.62. The van der Waals surface area contributed by atoms with Crippen LogP contribution in [0.4, 0.5) is 0 Å². The van der Waals surface area contributed by atoms with E-state index in [1.165, 1.54) is 12.1 Å². The van der Waals surface area contributed by atoms with Gasteiger partial charge in [0.2, 0.25) is 10.0 Å². The Labute approximate surface area is 170 Å².